The monoisotopic (exact) mass is 574 g/mol. The van der Waals surface area contributed by atoms with Crippen LogP contribution >= 0.6 is 11.6 Å². The molecule has 1 heterocycles. The predicted molar refractivity (Wildman–Crippen MR) is 144 cm³/mol. The number of carbonyl (C=O) groups excluding carboxylic acids is 1. The minimum Gasteiger partial charge on any atom is -0.507 e. The van der Waals surface area contributed by atoms with Gasteiger partial charge in [0.25, 0.3) is 5.91 Å². The van der Waals surface area contributed by atoms with E-state index in [0.29, 0.717) is 11.1 Å². The molecule has 0 saturated carbocycles. The maximum Gasteiger partial charge on any atom is 0.416 e. The maximum atomic E-state index is 12.9. The Balaban J connectivity index is 1.50. The second kappa shape index (κ2) is 11.2. The van der Waals surface area contributed by atoms with Gasteiger partial charge in [-0.25, -0.2) is 4.79 Å². The average molecular weight is 575 g/mol. The van der Waals surface area contributed by atoms with Gasteiger partial charge in [-0.05, 0) is 60.5 Å². The molecular weight excluding hydrogens is 549 g/mol. The molecule has 4 N–H and O–H groups in total. The molecule has 0 spiro atoms. The van der Waals surface area contributed by atoms with Gasteiger partial charge in [0.15, 0.2) is 5.82 Å². The highest BCUT2D eigenvalue weighted by Crippen LogP contribution is 2.31. The molecule has 1 unspecified atom stereocenters. The number of aromatic amines is 1. The molecule has 8 nitrogen and oxygen atoms in total. The quantitative estimate of drug-likeness (QED) is 0.237. The summed E-state index contributed by atoms with van der Waals surface area (Å²) in [5, 5.41) is 28.1. The van der Waals surface area contributed by atoms with E-state index in [1.165, 1.54) is 12.1 Å². The van der Waals surface area contributed by atoms with Gasteiger partial charge in [-0.2, -0.15) is 17.9 Å². The largest absolute Gasteiger partial charge is 0.507 e. The van der Waals surface area contributed by atoms with Crippen molar-refractivity contribution < 1.29 is 28.2 Å². The summed E-state index contributed by atoms with van der Waals surface area (Å²) in [6.45, 7) is 3.68. The van der Waals surface area contributed by atoms with Crippen molar-refractivity contribution in [2.24, 2.45) is 5.41 Å². The predicted octanol–water partition coefficient (Wildman–Crippen LogP) is 4.97. The number of para-hydroxylation sites is 1. The van der Waals surface area contributed by atoms with Crippen LogP contribution in [0.1, 0.15) is 35.3 Å². The minimum absolute atomic E-state index is 0.0976. The van der Waals surface area contributed by atoms with Crippen LogP contribution in [-0.4, -0.2) is 43.5 Å². The number of nitrogens with one attached hydrogen (secondary N) is 2. The van der Waals surface area contributed by atoms with E-state index in [1.54, 1.807) is 44.2 Å². The van der Waals surface area contributed by atoms with Gasteiger partial charge >= 0.3 is 11.9 Å². The molecule has 0 aliphatic carbocycles. The first-order chi connectivity index (χ1) is 18.8. The number of aromatic hydroxyl groups is 1. The molecule has 210 valence electrons. The number of H-pyrrole nitrogens is 1. The second-order valence-corrected chi connectivity index (χ2v) is 10.4. The Morgan fingerprint density at radius 2 is 1.77 bits per heavy atom. The van der Waals surface area contributed by atoms with Crippen molar-refractivity contribution in [3.8, 4) is 22.8 Å². The van der Waals surface area contributed by atoms with Crippen molar-refractivity contribution in [3.05, 3.63) is 98.9 Å². The number of nitrogens with zero attached hydrogens (tertiary/aromatic N) is 2. The molecule has 0 fully saturated rings. The van der Waals surface area contributed by atoms with E-state index in [4.69, 9.17) is 11.6 Å². The summed E-state index contributed by atoms with van der Waals surface area (Å²) >= 11 is 6.36. The number of alkyl halides is 3. The second-order valence-electron chi connectivity index (χ2n) is 9.96. The first-order valence-corrected chi connectivity index (χ1v) is 12.5. The normalized spacial score (nSPS) is 12.8. The third-order valence-electron chi connectivity index (χ3n) is 6.53. The van der Waals surface area contributed by atoms with Crippen LogP contribution in [0.2, 0.25) is 5.02 Å². The van der Waals surface area contributed by atoms with Gasteiger partial charge in [0.05, 0.1) is 27.9 Å². The Morgan fingerprint density at radius 1 is 1.10 bits per heavy atom. The summed E-state index contributed by atoms with van der Waals surface area (Å²) in [5.74, 6) is -0.522. The lowest BCUT2D eigenvalue weighted by atomic mass is 9.83. The number of amides is 1. The number of hydrogen-bond donors (Lipinski definition) is 4. The van der Waals surface area contributed by atoms with Gasteiger partial charge in [-0.3, -0.25) is 9.78 Å². The van der Waals surface area contributed by atoms with Gasteiger partial charge in [0, 0.05) is 17.5 Å². The Labute approximate surface area is 232 Å². The molecular formula is C28H26ClF3N4O4. The lowest BCUT2D eigenvalue weighted by Crippen LogP contribution is -2.42. The summed E-state index contributed by atoms with van der Waals surface area (Å²) in [6, 6.07) is 15.1. The number of aromatic nitrogens is 3. The smallest absolute Gasteiger partial charge is 0.416 e. The van der Waals surface area contributed by atoms with Crippen molar-refractivity contribution >= 4 is 17.5 Å². The van der Waals surface area contributed by atoms with Crippen LogP contribution in [0.3, 0.4) is 0 Å². The van der Waals surface area contributed by atoms with E-state index in [2.05, 4.69) is 15.4 Å². The molecule has 1 atom stereocenters. The highest BCUT2D eigenvalue weighted by molar-refractivity contribution is 6.33. The van der Waals surface area contributed by atoms with Crippen molar-refractivity contribution in [1.82, 2.24) is 20.1 Å². The molecule has 0 bridgehead atoms. The molecule has 0 saturated heterocycles. The van der Waals surface area contributed by atoms with Crippen LogP contribution in [0, 0.1) is 5.41 Å². The van der Waals surface area contributed by atoms with Crippen molar-refractivity contribution in [2.45, 2.75) is 32.5 Å². The van der Waals surface area contributed by atoms with Crippen molar-refractivity contribution in [3.63, 3.8) is 0 Å². The number of halogens is 4. The van der Waals surface area contributed by atoms with Gasteiger partial charge in [-0.1, -0.05) is 43.6 Å². The summed E-state index contributed by atoms with van der Waals surface area (Å²) in [4.78, 5) is 27.6. The van der Waals surface area contributed by atoms with Gasteiger partial charge in [0.1, 0.15) is 5.75 Å². The number of aliphatic hydroxyl groups is 1. The highest BCUT2D eigenvalue weighted by atomic mass is 35.5. The topological polar surface area (TPSA) is 120 Å². The number of phenolic OH excluding ortho intramolecular Hbond substituents is 1. The van der Waals surface area contributed by atoms with E-state index >= 15 is 0 Å². The van der Waals surface area contributed by atoms with Crippen LogP contribution < -0.4 is 11.0 Å². The number of hydrogen-bond acceptors (Lipinski definition) is 5. The van der Waals surface area contributed by atoms with Crippen LogP contribution in [0.4, 0.5) is 13.2 Å². The number of rotatable bonds is 8. The Kier molecular flexibility index (Phi) is 8.08. The standard InChI is InChI=1S/C28H26ClF3N4O4/c1-27(2,15-33-25(39)19-5-3-4-6-22(19)37)23(38)14-16-7-12-21(29)20(13-16)24-34-26(40)36(35-24)18-10-8-17(9-11-18)28(30,31)32/h3-13,23,37-38H,14-15H2,1-2H3,(H,33,39)(H,34,35,40). The van der Waals surface area contributed by atoms with E-state index < -0.39 is 34.9 Å². The van der Waals surface area contributed by atoms with E-state index in [9.17, 15) is 33.0 Å². The number of phenols is 1. The lowest BCUT2D eigenvalue weighted by Gasteiger charge is -2.31. The third kappa shape index (κ3) is 6.37. The van der Waals surface area contributed by atoms with Gasteiger partial charge < -0.3 is 15.5 Å². The highest BCUT2D eigenvalue weighted by Gasteiger charge is 2.31. The zero-order chi connectivity index (χ0) is 29.2. The number of aliphatic hydroxyl groups excluding tert-OH is 1. The SMILES string of the molecule is CC(C)(CNC(=O)c1ccccc1O)C(O)Cc1ccc(Cl)c(-c2nn(-c3ccc(C(F)(F)F)cc3)c(=O)[nH]2)c1. The molecule has 12 heteroatoms. The molecule has 0 aliphatic rings. The fourth-order valence-corrected chi connectivity index (χ4v) is 4.19. The summed E-state index contributed by atoms with van der Waals surface area (Å²) in [6.07, 6.45) is -5.24. The van der Waals surface area contributed by atoms with Crippen LogP contribution in [0.25, 0.3) is 17.1 Å². The van der Waals surface area contributed by atoms with Crippen LogP contribution in [-0.2, 0) is 12.6 Å². The lowest BCUT2D eigenvalue weighted by molar-refractivity contribution is -0.137. The Hall–Kier alpha value is -4.09. The molecule has 0 aliphatic heterocycles. The zero-order valence-electron chi connectivity index (χ0n) is 21.5. The molecule has 1 aromatic heterocycles. The first kappa shape index (κ1) is 28.9. The fourth-order valence-electron chi connectivity index (χ4n) is 3.98. The van der Waals surface area contributed by atoms with E-state index in [-0.39, 0.29) is 40.8 Å². The molecule has 4 rings (SSSR count). The summed E-state index contributed by atoms with van der Waals surface area (Å²) < 4.78 is 39.6. The summed E-state index contributed by atoms with van der Waals surface area (Å²) in [5.41, 5.74) is -1.00. The summed E-state index contributed by atoms with van der Waals surface area (Å²) in [7, 11) is 0. The number of carbonyl (C=O) groups is 1. The first-order valence-electron chi connectivity index (χ1n) is 12.2. The van der Waals surface area contributed by atoms with Gasteiger partial charge in [0.2, 0.25) is 0 Å². The number of benzene rings is 3. The van der Waals surface area contributed by atoms with E-state index in [0.717, 1.165) is 28.9 Å². The molecule has 4 aromatic rings. The third-order valence-corrected chi connectivity index (χ3v) is 6.86. The van der Waals surface area contributed by atoms with Crippen LogP contribution in [0.5, 0.6) is 5.75 Å². The molecule has 3 aromatic carbocycles. The van der Waals surface area contributed by atoms with Crippen molar-refractivity contribution in [1.29, 1.82) is 0 Å². The maximum absolute atomic E-state index is 12.9. The molecule has 40 heavy (non-hydrogen) atoms. The Bertz CT molecular complexity index is 1580. The minimum atomic E-state index is -4.51. The molecule has 0 radical (unpaired) electrons. The Morgan fingerprint density at radius 3 is 2.42 bits per heavy atom. The van der Waals surface area contributed by atoms with Crippen molar-refractivity contribution in [2.75, 3.05) is 6.54 Å². The molecule has 1 amide bonds. The van der Waals surface area contributed by atoms with Gasteiger partial charge in [-0.15, -0.1) is 5.10 Å². The van der Waals surface area contributed by atoms with Crippen LogP contribution in [0.15, 0.2) is 71.5 Å². The van der Waals surface area contributed by atoms with E-state index in [1.807, 2.05) is 0 Å². The fraction of sp³-hybridized carbons (Fsp3) is 0.250. The average Bonchev–Trinajstić information content (AvgIpc) is 3.29. The zero-order valence-corrected chi connectivity index (χ0v) is 22.2.